The van der Waals surface area contributed by atoms with Gasteiger partial charge in [-0.25, -0.2) is 0 Å². The molecule has 4 rings (SSSR count). The molecular weight excluding hydrogens is 562 g/mol. The first-order chi connectivity index (χ1) is 19.9. The smallest absolute Gasteiger partial charge is 0.310 e. The summed E-state index contributed by atoms with van der Waals surface area (Å²) in [5, 5.41) is 1.20. The van der Waals surface area contributed by atoms with Gasteiger partial charge in [-0.15, -0.1) is 0 Å². The number of ketones is 2. The molecule has 2 aromatic carbocycles. The van der Waals surface area contributed by atoms with E-state index in [0.29, 0.717) is 38.5 Å². The van der Waals surface area contributed by atoms with E-state index >= 15 is 0 Å². The Balaban J connectivity index is 1.63. The number of aromatic nitrogens is 1. The van der Waals surface area contributed by atoms with Crippen molar-refractivity contribution >= 4 is 45.9 Å². The van der Waals surface area contributed by atoms with Crippen LogP contribution in [-0.4, -0.2) is 55.4 Å². The van der Waals surface area contributed by atoms with Crippen LogP contribution in [0.4, 0.5) is 0 Å². The van der Waals surface area contributed by atoms with Gasteiger partial charge >= 0.3 is 5.97 Å². The van der Waals surface area contributed by atoms with Gasteiger partial charge in [-0.05, 0) is 62.7 Å². The fourth-order valence-electron chi connectivity index (χ4n) is 5.24. The normalized spacial score (nSPS) is 15.1. The van der Waals surface area contributed by atoms with Crippen LogP contribution in [0.25, 0.3) is 10.9 Å². The Labute approximate surface area is 248 Å². The number of hydrogen-bond donors (Lipinski definition) is 0. The molecule has 3 aromatic rings. The van der Waals surface area contributed by atoms with Crippen LogP contribution in [0.2, 0.25) is 5.02 Å². The van der Waals surface area contributed by atoms with Crippen LogP contribution < -0.4 is 4.74 Å². The van der Waals surface area contributed by atoms with Gasteiger partial charge in [-0.1, -0.05) is 18.5 Å². The standard InChI is InChI=1S/C32H32ClNO8/c1-16(27-17(2)28(36)30(40-6)31(41-7)29(27)37)19(4)42-26(35)15-24-18(3)34(25-14-22(39-5)12-13-23(24)25)32(38)20-8-10-21(33)11-9-20/h8-14,16,19H,15H2,1-7H3. The number of nitrogens with zero attached hydrogens (tertiary/aromatic N) is 1. The van der Waals surface area contributed by atoms with Gasteiger partial charge in [-0.3, -0.25) is 23.7 Å². The second-order valence-corrected chi connectivity index (χ2v) is 10.5. The number of hydrogen-bond acceptors (Lipinski definition) is 8. The second kappa shape index (κ2) is 12.2. The SMILES string of the molecule is COC1=C(OC)C(=O)C(C(C)C(C)OC(=O)Cc2c(C)n(C(=O)c3ccc(Cl)cc3)c3cc(OC)ccc23)=C(C)C1=O. The van der Waals surface area contributed by atoms with Crippen LogP contribution in [0.1, 0.15) is 42.4 Å². The summed E-state index contributed by atoms with van der Waals surface area (Å²) in [5.41, 5.74) is 2.61. The third-order valence-corrected chi connectivity index (χ3v) is 7.90. The number of halogens is 1. The predicted octanol–water partition coefficient (Wildman–Crippen LogP) is 5.38. The lowest BCUT2D eigenvalue weighted by Gasteiger charge is -2.27. The van der Waals surface area contributed by atoms with E-state index in [1.165, 1.54) is 28.3 Å². The Bertz CT molecular complexity index is 1660. The molecule has 0 saturated carbocycles. The van der Waals surface area contributed by atoms with Gasteiger partial charge in [0, 0.05) is 44.8 Å². The summed E-state index contributed by atoms with van der Waals surface area (Å²) in [4.78, 5) is 52.9. The average Bonchev–Trinajstić information content (AvgIpc) is 3.24. The van der Waals surface area contributed by atoms with Gasteiger partial charge in [0.05, 0.1) is 33.3 Å². The van der Waals surface area contributed by atoms with Gasteiger partial charge in [-0.2, -0.15) is 0 Å². The van der Waals surface area contributed by atoms with E-state index in [4.69, 9.17) is 30.5 Å². The first-order valence-electron chi connectivity index (χ1n) is 13.2. The van der Waals surface area contributed by atoms with Crippen LogP contribution in [0.5, 0.6) is 5.75 Å². The predicted molar refractivity (Wildman–Crippen MR) is 157 cm³/mol. The summed E-state index contributed by atoms with van der Waals surface area (Å²) >= 11 is 6.02. The summed E-state index contributed by atoms with van der Waals surface area (Å²) in [6.07, 6.45) is -0.889. The number of carbonyl (C=O) groups excluding carboxylic acids is 4. The third-order valence-electron chi connectivity index (χ3n) is 7.65. The number of benzene rings is 2. The first kappa shape index (κ1) is 30.6. The molecule has 2 atom stereocenters. The highest BCUT2D eigenvalue weighted by Gasteiger charge is 2.39. The number of methoxy groups -OCH3 is 3. The number of carbonyl (C=O) groups is 4. The van der Waals surface area contributed by atoms with Gasteiger partial charge in [0.1, 0.15) is 11.9 Å². The molecule has 0 saturated heterocycles. The third kappa shape index (κ3) is 5.44. The van der Waals surface area contributed by atoms with Crippen molar-refractivity contribution in [1.82, 2.24) is 4.57 Å². The maximum Gasteiger partial charge on any atom is 0.310 e. The van der Waals surface area contributed by atoms with E-state index in [1.54, 1.807) is 67.8 Å². The fraction of sp³-hybridized carbons (Fsp3) is 0.312. The molecule has 0 fully saturated rings. The lowest BCUT2D eigenvalue weighted by Crippen LogP contribution is -2.33. The molecule has 220 valence electrons. The Hall–Kier alpha value is -4.37. The maximum absolute atomic E-state index is 13.6. The van der Waals surface area contributed by atoms with Gasteiger partial charge in [0.25, 0.3) is 5.91 Å². The molecule has 2 unspecified atom stereocenters. The molecule has 42 heavy (non-hydrogen) atoms. The maximum atomic E-state index is 13.6. The minimum atomic E-state index is -0.758. The quantitative estimate of drug-likeness (QED) is 0.240. The van der Waals surface area contributed by atoms with Crippen LogP contribution >= 0.6 is 11.6 Å². The van der Waals surface area contributed by atoms with Crippen LogP contribution in [0, 0.1) is 12.8 Å². The number of Topliss-reactive ketones (excluding diaryl/α,β-unsaturated/α-hetero) is 2. The zero-order valence-electron chi connectivity index (χ0n) is 24.5. The number of rotatable bonds is 9. The first-order valence-corrected chi connectivity index (χ1v) is 13.6. The van der Waals surface area contributed by atoms with Crippen LogP contribution in [0.15, 0.2) is 65.1 Å². The van der Waals surface area contributed by atoms with Crippen molar-refractivity contribution in [3.63, 3.8) is 0 Å². The minimum Gasteiger partial charge on any atom is -0.497 e. The topological polar surface area (TPSA) is 110 Å². The molecule has 1 heterocycles. The summed E-state index contributed by atoms with van der Waals surface area (Å²) in [7, 11) is 4.12. The molecule has 1 aliphatic carbocycles. The summed E-state index contributed by atoms with van der Waals surface area (Å²) in [6, 6.07) is 11.9. The van der Waals surface area contributed by atoms with Gasteiger partial charge < -0.3 is 18.9 Å². The van der Waals surface area contributed by atoms with Crippen molar-refractivity contribution < 1.29 is 38.1 Å². The largest absolute Gasteiger partial charge is 0.497 e. The second-order valence-electron chi connectivity index (χ2n) is 10.0. The van der Waals surface area contributed by atoms with Gasteiger partial charge in [0.15, 0.2) is 0 Å². The van der Waals surface area contributed by atoms with E-state index in [2.05, 4.69) is 0 Å². The van der Waals surface area contributed by atoms with Crippen molar-refractivity contribution in [1.29, 1.82) is 0 Å². The number of allylic oxidation sites excluding steroid dienone is 2. The minimum absolute atomic E-state index is 0.130. The van der Waals surface area contributed by atoms with Crippen LogP contribution in [0.3, 0.4) is 0 Å². The van der Waals surface area contributed by atoms with E-state index in [0.717, 1.165) is 0 Å². The molecule has 9 nitrogen and oxygen atoms in total. The fourth-order valence-corrected chi connectivity index (χ4v) is 5.36. The Morgan fingerprint density at radius 1 is 0.881 bits per heavy atom. The van der Waals surface area contributed by atoms with Crippen molar-refractivity contribution in [2.45, 2.75) is 40.2 Å². The van der Waals surface area contributed by atoms with E-state index in [-0.39, 0.29) is 35.0 Å². The number of ether oxygens (including phenoxy) is 4. The molecule has 0 radical (unpaired) electrons. The average molecular weight is 594 g/mol. The Morgan fingerprint density at radius 2 is 1.50 bits per heavy atom. The van der Waals surface area contributed by atoms with Crippen molar-refractivity contribution in [3.8, 4) is 5.75 Å². The van der Waals surface area contributed by atoms with E-state index in [9.17, 15) is 19.2 Å². The molecule has 1 aliphatic rings. The zero-order chi connectivity index (χ0) is 30.9. The monoisotopic (exact) mass is 593 g/mol. The number of esters is 1. The zero-order valence-corrected chi connectivity index (χ0v) is 25.3. The molecule has 1 aromatic heterocycles. The molecule has 0 spiro atoms. The highest BCUT2D eigenvalue weighted by atomic mass is 35.5. The van der Waals surface area contributed by atoms with Crippen molar-refractivity contribution in [2.75, 3.05) is 21.3 Å². The van der Waals surface area contributed by atoms with Crippen molar-refractivity contribution in [2.24, 2.45) is 5.92 Å². The lowest BCUT2D eigenvalue weighted by molar-refractivity contribution is -0.149. The van der Waals surface area contributed by atoms with E-state index in [1.807, 2.05) is 0 Å². The highest BCUT2D eigenvalue weighted by Crippen LogP contribution is 2.34. The molecule has 0 amide bonds. The molecule has 0 bridgehead atoms. The Kier molecular flexibility index (Phi) is 8.92. The Morgan fingerprint density at radius 3 is 2.10 bits per heavy atom. The summed E-state index contributed by atoms with van der Waals surface area (Å²) in [6.45, 7) is 6.67. The summed E-state index contributed by atoms with van der Waals surface area (Å²) in [5.74, 6) is -2.20. The number of fused-ring (bicyclic) bond motifs is 1. The molecular formula is C32H32ClNO8. The van der Waals surface area contributed by atoms with Crippen molar-refractivity contribution in [3.05, 3.63) is 87.0 Å². The molecule has 10 heteroatoms. The van der Waals surface area contributed by atoms with Crippen LogP contribution in [-0.2, 0) is 35.0 Å². The highest BCUT2D eigenvalue weighted by molar-refractivity contribution is 6.30. The molecule has 0 N–H and O–H groups in total. The van der Waals surface area contributed by atoms with Gasteiger partial charge in [0.2, 0.25) is 23.1 Å². The summed E-state index contributed by atoms with van der Waals surface area (Å²) < 4.78 is 23.0. The molecule has 0 aliphatic heterocycles. The van der Waals surface area contributed by atoms with E-state index < -0.39 is 29.6 Å². The lowest BCUT2D eigenvalue weighted by atomic mass is 9.83.